The van der Waals surface area contributed by atoms with Gasteiger partial charge in [-0.3, -0.25) is 4.79 Å². The highest BCUT2D eigenvalue weighted by Crippen LogP contribution is 2.22. The average Bonchev–Trinajstić information content (AvgIpc) is 3.37. The van der Waals surface area contributed by atoms with Crippen molar-refractivity contribution >= 4 is 29.1 Å². The molecule has 2 N–H and O–H groups in total. The summed E-state index contributed by atoms with van der Waals surface area (Å²) in [6.45, 7) is 0.0695. The summed E-state index contributed by atoms with van der Waals surface area (Å²) in [6, 6.07) is 23.0. The molecule has 0 fully saturated rings. The molecular formula is C30H23ClFN3O4. The van der Waals surface area contributed by atoms with Crippen LogP contribution in [0.2, 0.25) is 5.02 Å². The molecule has 0 aliphatic carbocycles. The third kappa shape index (κ3) is 6.25. The van der Waals surface area contributed by atoms with E-state index in [0.717, 1.165) is 11.1 Å². The number of hydrogen-bond acceptors (Lipinski definition) is 4. The highest BCUT2D eigenvalue weighted by molar-refractivity contribution is 6.30. The summed E-state index contributed by atoms with van der Waals surface area (Å²) < 4.78 is 21.1. The summed E-state index contributed by atoms with van der Waals surface area (Å²) in [5, 5.41) is 12.9. The minimum Gasteiger partial charge on any atom is -0.489 e. The number of ether oxygens (including phenoxy) is 1. The van der Waals surface area contributed by atoms with Gasteiger partial charge in [0.05, 0.1) is 0 Å². The van der Waals surface area contributed by atoms with E-state index in [4.69, 9.17) is 16.3 Å². The summed E-state index contributed by atoms with van der Waals surface area (Å²) in [7, 11) is 0. The minimum atomic E-state index is -1.17. The van der Waals surface area contributed by atoms with E-state index in [1.165, 1.54) is 6.07 Å². The monoisotopic (exact) mass is 543 g/mol. The molecule has 5 rings (SSSR count). The van der Waals surface area contributed by atoms with E-state index >= 15 is 0 Å². The van der Waals surface area contributed by atoms with Crippen molar-refractivity contribution in [3.8, 4) is 16.9 Å². The summed E-state index contributed by atoms with van der Waals surface area (Å²) >= 11 is 5.97. The number of halogens is 2. The van der Waals surface area contributed by atoms with Gasteiger partial charge in [0, 0.05) is 29.4 Å². The van der Waals surface area contributed by atoms with Gasteiger partial charge in [0.2, 0.25) is 0 Å². The van der Waals surface area contributed by atoms with E-state index in [1.807, 2.05) is 24.4 Å². The molecule has 0 aliphatic heterocycles. The Kier molecular flexibility index (Phi) is 7.56. The van der Waals surface area contributed by atoms with Crippen LogP contribution in [0, 0.1) is 5.82 Å². The minimum absolute atomic E-state index is 0.0583. The Hall–Kier alpha value is -4.69. The molecule has 7 nitrogen and oxygen atoms in total. The number of carbonyl (C=O) groups excluding carboxylic acids is 1. The van der Waals surface area contributed by atoms with E-state index in [9.17, 15) is 19.1 Å². The third-order valence-electron chi connectivity index (χ3n) is 6.18. The summed E-state index contributed by atoms with van der Waals surface area (Å²) in [5.41, 5.74) is 3.64. The number of pyridine rings is 1. The number of aliphatic carboxylic acids is 1. The van der Waals surface area contributed by atoms with Gasteiger partial charge in [-0.2, -0.15) is 0 Å². The normalized spacial score (nSPS) is 11.7. The fraction of sp³-hybridized carbons (Fsp3) is 0.100. The van der Waals surface area contributed by atoms with Crippen LogP contribution in [0.1, 0.15) is 21.6 Å². The van der Waals surface area contributed by atoms with Crippen LogP contribution in [0.25, 0.3) is 16.8 Å². The zero-order valence-corrected chi connectivity index (χ0v) is 21.3. The highest BCUT2D eigenvalue weighted by Gasteiger charge is 2.23. The van der Waals surface area contributed by atoms with Gasteiger partial charge in [0.1, 0.15) is 35.6 Å². The van der Waals surface area contributed by atoms with Gasteiger partial charge >= 0.3 is 5.97 Å². The third-order valence-corrected chi connectivity index (χ3v) is 6.43. The summed E-state index contributed by atoms with van der Waals surface area (Å²) in [5.74, 6) is -1.59. The van der Waals surface area contributed by atoms with Crippen LogP contribution in [0.5, 0.6) is 5.75 Å². The topological polar surface area (TPSA) is 92.9 Å². The Morgan fingerprint density at radius 2 is 1.67 bits per heavy atom. The van der Waals surface area contributed by atoms with E-state index < -0.39 is 17.9 Å². The molecule has 0 aliphatic rings. The number of carbonyl (C=O) groups is 2. The van der Waals surface area contributed by atoms with E-state index in [1.54, 1.807) is 71.3 Å². The Labute approximate surface area is 228 Å². The number of rotatable bonds is 9. The lowest BCUT2D eigenvalue weighted by atomic mass is 10.1. The molecule has 9 heteroatoms. The number of nitrogens with one attached hydrogen (secondary N) is 1. The van der Waals surface area contributed by atoms with Crippen molar-refractivity contribution in [2.75, 3.05) is 0 Å². The molecule has 3 aromatic carbocycles. The summed E-state index contributed by atoms with van der Waals surface area (Å²) in [6.07, 6.45) is 3.46. The van der Waals surface area contributed by atoms with Crippen LogP contribution in [0.15, 0.2) is 97.3 Å². The van der Waals surface area contributed by atoms with E-state index in [2.05, 4.69) is 10.3 Å². The van der Waals surface area contributed by atoms with Crippen LogP contribution in [-0.4, -0.2) is 32.4 Å². The van der Waals surface area contributed by atoms with Gasteiger partial charge in [0.15, 0.2) is 0 Å². The zero-order chi connectivity index (χ0) is 27.4. The Bertz CT molecular complexity index is 1630. The van der Waals surface area contributed by atoms with E-state index in [0.29, 0.717) is 27.5 Å². The predicted molar refractivity (Wildman–Crippen MR) is 145 cm³/mol. The Balaban J connectivity index is 1.24. The second-order valence-electron chi connectivity index (χ2n) is 8.91. The summed E-state index contributed by atoms with van der Waals surface area (Å²) in [4.78, 5) is 29.2. The van der Waals surface area contributed by atoms with Gasteiger partial charge in [0.25, 0.3) is 5.91 Å². The van der Waals surface area contributed by atoms with Gasteiger partial charge < -0.3 is 19.6 Å². The van der Waals surface area contributed by atoms with Crippen LogP contribution < -0.4 is 10.1 Å². The quantitative estimate of drug-likeness (QED) is 0.245. The second-order valence-corrected chi connectivity index (χ2v) is 9.35. The van der Waals surface area contributed by atoms with Gasteiger partial charge in [-0.05, 0) is 59.2 Å². The number of carboxylic acid groups (broad SMARTS) is 1. The number of hydrogen-bond donors (Lipinski definition) is 2. The van der Waals surface area contributed by atoms with Crippen molar-refractivity contribution in [2.45, 2.75) is 19.1 Å². The lowest BCUT2D eigenvalue weighted by Crippen LogP contribution is -2.42. The first-order chi connectivity index (χ1) is 18.9. The van der Waals surface area contributed by atoms with E-state index in [-0.39, 0.29) is 24.5 Å². The number of nitrogens with zero attached hydrogens (tertiary/aromatic N) is 2. The maximum Gasteiger partial charge on any atom is 0.326 e. The molecule has 0 bridgehead atoms. The fourth-order valence-electron chi connectivity index (χ4n) is 4.08. The fourth-order valence-corrected chi connectivity index (χ4v) is 4.21. The number of aromatic nitrogens is 2. The first-order valence-electron chi connectivity index (χ1n) is 12.1. The number of amides is 1. The average molecular weight is 544 g/mol. The number of carboxylic acids is 1. The molecule has 0 radical (unpaired) electrons. The van der Waals surface area contributed by atoms with Crippen LogP contribution >= 0.6 is 11.6 Å². The van der Waals surface area contributed by atoms with Gasteiger partial charge in [-0.15, -0.1) is 0 Å². The standard InChI is InChI=1S/C30H23ClFN3O4/c31-23-10-7-20(8-11-23)21-9-14-28-33-27(17-35(28)16-21)29(36)34-26(30(37)38)15-19-5-12-24(13-6-19)39-18-22-3-1-2-4-25(22)32/h1-14,16-17,26H,15,18H2,(H,34,36)(H,37,38)/t26-/m0/s1. The molecule has 2 aromatic heterocycles. The van der Waals surface area contributed by atoms with Crippen LogP contribution in [0.3, 0.4) is 0 Å². The first-order valence-corrected chi connectivity index (χ1v) is 12.5. The Morgan fingerprint density at radius 3 is 2.38 bits per heavy atom. The maximum absolute atomic E-state index is 13.8. The molecule has 1 amide bonds. The first kappa shape index (κ1) is 25.9. The largest absolute Gasteiger partial charge is 0.489 e. The lowest BCUT2D eigenvalue weighted by Gasteiger charge is -2.14. The SMILES string of the molecule is O=C(N[C@@H](Cc1ccc(OCc2ccccc2F)cc1)C(=O)O)c1cn2cc(-c3ccc(Cl)cc3)ccc2n1. The maximum atomic E-state index is 13.8. The number of imidazole rings is 1. The second kappa shape index (κ2) is 11.4. The van der Waals surface area contributed by atoms with Crippen LogP contribution in [-0.2, 0) is 17.8 Å². The molecule has 0 saturated heterocycles. The number of benzene rings is 3. The number of fused-ring (bicyclic) bond motifs is 1. The molecule has 39 heavy (non-hydrogen) atoms. The molecular weight excluding hydrogens is 521 g/mol. The van der Waals surface area contributed by atoms with Crippen molar-refractivity contribution in [1.29, 1.82) is 0 Å². The van der Waals surface area contributed by atoms with Gasteiger partial charge in [-0.25, -0.2) is 14.2 Å². The van der Waals surface area contributed by atoms with Crippen molar-refractivity contribution in [3.05, 3.63) is 125 Å². The van der Waals surface area contributed by atoms with Crippen molar-refractivity contribution in [1.82, 2.24) is 14.7 Å². The van der Waals surface area contributed by atoms with Crippen molar-refractivity contribution in [2.24, 2.45) is 0 Å². The molecule has 5 aromatic rings. The van der Waals surface area contributed by atoms with Crippen molar-refractivity contribution < 1.29 is 23.8 Å². The zero-order valence-electron chi connectivity index (χ0n) is 20.6. The smallest absolute Gasteiger partial charge is 0.326 e. The van der Waals surface area contributed by atoms with Crippen LogP contribution in [0.4, 0.5) is 4.39 Å². The molecule has 1 atom stereocenters. The Morgan fingerprint density at radius 1 is 0.949 bits per heavy atom. The van der Waals surface area contributed by atoms with Crippen molar-refractivity contribution in [3.63, 3.8) is 0 Å². The molecule has 2 heterocycles. The van der Waals surface area contributed by atoms with Gasteiger partial charge in [-0.1, -0.05) is 54.1 Å². The highest BCUT2D eigenvalue weighted by atomic mass is 35.5. The lowest BCUT2D eigenvalue weighted by molar-refractivity contribution is -0.139. The molecule has 0 spiro atoms. The molecule has 0 saturated carbocycles. The molecule has 196 valence electrons. The molecule has 0 unspecified atom stereocenters. The predicted octanol–water partition coefficient (Wildman–Crippen LogP) is 5.80.